The van der Waals surface area contributed by atoms with E-state index >= 15 is 0 Å². The van der Waals surface area contributed by atoms with Crippen molar-refractivity contribution in [1.29, 1.82) is 0 Å². The Kier molecular flexibility index (Phi) is 3.61. The van der Waals surface area contributed by atoms with Crippen LogP contribution in [0.15, 0.2) is 16.6 Å². The Morgan fingerprint density at radius 1 is 1.36 bits per heavy atom. The number of hydrogen-bond donors (Lipinski definition) is 0. The molecule has 0 aliphatic rings. The van der Waals surface area contributed by atoms with E-state index in [4.69, 9.17) is 16.0 Å². The molecule has 0 unspecified atom stereocenters. The van der Waals surface area contributed by atoms with Crippen LogP contribution in [-0.4, -0.2) is 8.32 Å². The molecule has 0 N–H and O–H groups in total. The van der Waals surface area contributed by atoms with Crippen molar-refractivity contribution in [2.45, 2.75) is 19.6 Å². The van der Waals surface area contributed by atoms with E-state index in [0.717, 1.165) is 0 Å². The molecule has 78 valence electrons. The molecular formula is C9H11BrClFOSi. The fourth-order valence-electron chi connectivity index (χ4n) is 0.945. The summed E-state index contributed by atoms with van der Waals surface area (Å²) in [5.74, 6) is 0.0623. The van der Waals surface area contributed by atoms with E-state index in [1.807, 2.05) is 19.6 Å². The average Bonchev–Trinajstić information content (AvgIpc) is 1.96. The van der Waals surface area contributed by atoms with Gasteiger partial charge in [0.15, 0.2) is 0 Å². The lowest BCUT2D eigenvalue weighted by Crippen LogP contribution is -2.29. The van der Waals surface area contributed by atoms with Gasteiger partial charge in [0.1, 0.15) is 11.6 Å². The smallest absolute Gasteiger partial charge is 0.242 e. The van der Waals surface area contributed by atoms with Crippen molar-refractivity contribution in [2.75, 3.05) is 0 Å². The lowest BCUT2D eigenvalue weighted by atomic mass is 10.3. The molecule has 0 amide bonds. The Balaban J connectivity index is 3.02. The van der Waals surface area contributed by atoms with Crippen LogP contribution in [0.2, 0.25) is 24.7 Å². The summed E-state index contributed by atoms with van der Waals surface area (Å²) in [6, 6.07) is 3.00. The van der Waals surface area contributed by atoms with Gasteiger partial charge < -0.3 is 4.43 Å². The molecule has 0 heterocycles. The summed E-state index contributed by atoms with van der Waals surface area (Å²) in [6.07, 6.45) is 0. The molecule has 0 saturated carbocycles. The monoisotopic (exact) mass is 296 g/mol. The zero-order chi connectivity index (χ0) is 10.9. The molecule has 1 aromatic carbocycles. The number of halogens is 3. The highest BCUT2D eigenvalue weighted by atomic mass is 79.9. The minimum Gasteiger partial charge on any atom is -0.544 e. The Hall–Kier alpha value is -0.0631. The molecule has 1 nitrogen and oxygen atoms in total. The Morgan fingerprint density at radius 3 is 2.36 bits per heavy atom. The second-order valence-corrected chi connectivity index (χ2v) is 9.58. The fourth-order valence-corrected chi connectivity index (χ4v) is 2.29. The van der Waals surface area contributed by atoms with Crippen LogP contribution in [0, 0.1) is 5.82 Å². The van der Waals surface area contributed by atoms with E-state index < -0.39 is 14.1 Å². The topological polar surface area (TPSA) is 9.23 Å². The molecule has 0 aromatic heterocycles. The minimum absolute atomic E-state index is 0.0907. The third-order valence-corrected chi connectivity index (χ3v) is 3.47. The average molecular weight is 298 g/mol. The summed E-state index contributed by atoms with van der Waals surface area (Å²) < 4.78 is 19.3. The SMILES string of the molecule is C[Si](C)(C)Oc1cc(F)c(Cl)c(Br)c1. The molecule has 0 bridgehead atoms. The van der Waals surface area contributed by atoms with Crippen molar-refractivity contribution in [3.8, 4) is 5.75 Å². The molecule has 0 aliphatic heterocycles. The van der Waals surface area contributed by atoms with Gasteiger partial charge in [-0.05, 0) is 41.6 Å². The predicted molar refractivity (Wildman–Crippen MR) is 63.1 cm³/mol. The first-order chi connectivity index (χ1) is 6.29. The van der Waals surface area contributed by atoms with Crippen molar-refractivity contribution >= 4 is 35.8 Å². The third-order valence-electron chi connectivity index (χ3n) is 1.38. The Bertz CT molecular complexity index is 328. The van der Waals surface area contributed by atoms with Gasteiger partial charge in [-0.1, -0.05) is 11.6 Å². The largest absolute Gasteiger partial charge is 0.544 e. The van der Waals surface area contributed by atoms with Crippen LogP contribution in [0.4, 0.5) is 4.39 Å². The van der Waals surface area contributed by atoms with E-state index in [1.165, 1.54) is 6.07 Å². The molecule has 0 aliphatic carbocycles. The minimum atomic E-state index is -1.69. The predicted octanol–water partition coefficient (Wildman–Crippen LogP) is 4.46. The molecule has 5 heteroatoms. The van der Waals surface area contributed by atoms with E-state index in [2.05, 4.69) is 15.9 Å². The third kappa shape index (κ3) is 3.26. The zero-order valence-electron chi connectivity index (χ0n) is 8.20. The molecule has 0 radical (unpaired) electrons. The van der Waals surface area contributed by atoms with Crippen LogP contribution in [-0.2, 0) is 0 Å². The highest BCUT2D eigenvalue weighted by Crippen LogP contribution is 2.31. The second kappa shape index (κ2) is 4.21. The quantitative estimate of drug-likeness (QED) is 0.578. The standard InChI is InChI=1S/C9H11BrClFOSi/c1-14(2,3)13-6-4-7(10)9(11)8(12)5-6/h4-5H,1-3H3. The molecule has 14 heavy (non-hydrogen) atoms. The number of rotatable bonds is 2. The maximum absolute atomic E-state index is 13.2. The summed E-state index contributed by atoms with van der Waals surface area (Å²) in [5, 5.41) is 0.0907. The van der Waals surface area contributed by atoms with E-state index in [-0.39, 0.29) is 5.02 Å². The van der Waals surface area contributed by atoms with E-state index in [1.54, 1.807) is 6.07 Å². The lowest BCUT2D eigenvalue weighted by molar-refractivity contribution is 0.544. The van der Waals surface area contributed by atoms with Crippen LogP contribution in [0.3, 0.4) is 0 Å². The first-order valence-corrected chi connectivity index (χ1v) is 8.71. The number of benzene rings is 1. The fraction of sp³-hybridized carbons (Fsp3) is 0.333. The van der Waals surface area contributed by atoms with Gasteiger partial charge in [-0.25, -0.2) is 4.39 Å². The molecule has 0 fully saturated rings. The highest BCUT2D eigenvalue weighted by molar-refractivity contribution is 9.10. The van der Waals surface area contributed by atoms with Gasteiger partial charge in [0, 0.05) is 10.5 Å². The maximum atomic E-state index is 13.2. The molecule has 0 atom stereocenters. The van der Waals surface area contributed by atoms with Crippen LogP contribution < -0.4 is 4.43 Å². The van der Waals surface area contributed by atoms with Crippen molar-refractivity contribution < 1.29 is 8.82 Å². The Labute approximate surface area is 97.5 Å². The van der Waals surface area contributed by atoms with Gasteiger partial charge in [-0.2, -0.15) is 0 Å². The zero-order valence-corrected chi connectivity index (χ0v) is 11.5. The van der Waals surface area contributed by atoms with Crippen molar-refractivity contribution in [2.24, 2.45) is 0 Å². The van der Waals surface area contributed by atoms with Crippen LogP contribution in [0.25, 0.3) is 0 Å². The summed E-state index contributed by atoms with van der Waals surface area (Å²) in [4.78, 5) is 0. The molecule has 1 rings (SSSR count). The van der Waals surface area contributed by atoms with Crippen LogP contribution in [0.1, 0.15) is 0 Å². The first kappa shape index (κ1) is 12.0. The first-order valence-electron chi connectivity index (χ1n) is 4.13. The van der Waals surface area contributed by atoms with Gasteiger partial charge >= 0.3 is 0 Å². The summed E-state index contributed by atoms with van der Waals surface area (Å²) in [6.45, 7) is 6.11. The number of hydrogen-bond acceptors (Lipinski definition) is 1. The van der Waals surface area contributed by atoms with Crippen molar-refractivity contribution in [3.63, 3.8) is 0 Å². The van der Waals surface area contributed by atoms with E-state index in [9.17, 15) is 4.39 Å². The van der Waals surface area contributed by atoms with Crippen molar-refractivity contribution in [3.05, 3.63) is 27.4 Å². The van der Waals surface area contributed by atoms with E-state index in [0.29, 0.717) is 10.2 Å². The van der Waals surface area contributed by atoms with Gasteiger partial charge in [0.25, 0.3) is 0 Å². The molecular weight excluding hydrogens is 287 g/mol. The lowest BCUT2D eigenvalue weighted by Gasteiger charge is -2.19. The molecule has 0 spiro atoms. The molecule has 0 saturated heterocycles. The second-order valence-electron chi connectivity index (χ2n) is 3.92. The van der Waals surface area contributed by atoms with Crippen LogP contribution >= 0.6 is 27.5 Å². The van der Waals surface area contributed by atoms with Gasteiger partial charge in [-0.15, -0.1) is 0 Å². The maximum Gasteiger partial charge on any atom is 0.242 e. The van der Waals surface area contributed by atoms with Gasteiger partial charge in [0.2, 0.25) is 8.32 Å². The van der Waals surface area contributed by atoms with Gasteiger partial charge in [0.05, 0.1) is 5.02 Å². The molecule has 1 aromatic rings. The summed E-state index contributed by atoms with van der Waals surface area (Å²) in [5.41, 5.74) is 0. The summed E-state index contributed by atoms with van der Waals surface area (Å²) >= 11 is 8.82. The Morgan fingerprint density at radius 2 is 1.93 bits per heavy atom. The van der Waals surface area contributed by atoms with Crippen molar-refractivity contribution in [1.82, 2.24) is 0 Å². The highest BCUT2D eigenvalue weighted by Gasteiger charge is 2.17. The van der Waals surface area contributed by atoms with Gasteiger partial charge in [-0.3, -0.25) is 0 Å². The summed E-state index contributed by atoms with van der Waals surface area (Å²) in [7, 11) is -1.69. The normalized spacial score (nSPS) is 11.6. The van der Waals surface area contributed by atoms with Crippen LogP contribution in [0.5, 0.6) is 5.75 Å².